The first-order chi connectivity index (χ1) is 0. The minimum atomic E-state index is 0. The molecule has 0 saturated heterocycles. The Hall–Kier alpha value is 1.19. The van der Waals surface area contributed by atoms with E-state index in [1.54, 1.807) is 0 Å². The van der Waals surface area contributed by atoms with Crippen LogP contribution in [0.5, 0.6) is 0 Å². The monoisotopic (exact) mass is 390 g/mol. The summed E-state index contributed by atoms with van der Waals surface area (Å²) < 4.78 is 0. The minimum absolute atomic E-state index is 0. The molecule has 0 N–H and O–H groups in total. The summed E-state index contributed by atoms with van der Waals surface area (Å²) in [6, 6.07) is 0. The maximum absolute atomic E-state index is 0. The van der Waals surface area contributed by atoms with Gasteiger partial charge in [0.05, 0.1) is 0 Å². The predicted octanol–water partition coefficient (Wildman–Crippen LogP) is -17.9. The van der Waals surface area contributed by atoms with Crippen LogP contribution in [0.4, 0.5) is 0 Å². The molecule has 0 aromatic carbocycles. The standard InChI is InChI=1S/6FH.Ni.H3P.W/h6*1H;;1H3;/p-6. The Balaban J connectivity index is 0. The summed E-state index contributed by atoms with van der Waals surface area (Å²) in [6.07, 6.45) is 0. The summed E-state index contributed by atoms with van der Waals surface area (Å²) in [5.41, 5.74) is 0. The molecule has 72 valence electrons. The number of rotatable bonds is 0. The fourth-order valence-electron chi connectivity index (χ4n) is 0. The van der Waals surface area contributed by atoms with Crippen molar-refractivity contribution in [3.8, 4) is 0 Å². The molecular weight excluding hydrogens is 387 g/mol. The molecule has 0 spiro atoms. The molecule has 0 bridgehead atoms. The predicted molar refractivity (Wildman–Crippen MR) is 11.1 cm³/mol. The maximum atomic E-state index is 0. The van der Waals surface area contributed by atoms with Gasteiger partial charge >= 0.3 is 0 Å². The van der Waals surface area contributed by atoms with Crippen LogP contribution in [0.3, 0.4) is 0 Å². The van der Waals surface area contributed by atoms with Crippen LogP contribution in [0.1, 0.15) is 0 Å². The van der Waals surface area contributed by atoms with Gasteiger partial charge in [-0.3, -0.25) is 0 Å². The van der Waals surface area contributed by atoms with Crippen LogP contribution in [0.25, 0.3) is 0 Å². The molecule has 0 radical (unpaired) electrons. The second-order valence-corrected chi connectivity index (χ2v) is 0. The first-order valence-electron chi connectivity index (χ1n) is 0. The van der Waals surface area contributed by atoms with Gasteiger partial charge in [0.25, 0.3) is 0 Å². The van der Waals surface area contributed by atoms with Crippen LogP contribution in [0.15, 0.2) is 0 Å². The van der Waals surface area contributed by atoms with Gasteiger partial charge in [-0.15, -0.1) is 0 Å². The van der Waals surface area contributed by atoms with E-state index in [1.807, 2.05) is 0 Å². The van der Waals surface area contributed by atoms with Gasteiger partial charge in [-0.1, -0.05) is 0 Å². The van der Waals surface area contributed by atoms with Crippen molar-refractivity contribution in [2.75, 3.05) is 0 Å². The Morgan fingerprint density at radius 1 is 0.444 bits per heavy atom. The van der Waals surface area contributed by atoms with Crippen LogP contribution >= 0.6 is 9.90 Å². The first-order valence-corrected chi connectivity index (χ1v) is 0. The van der Waals surface area contributed by atoms with E-state index in [-0.39, 0.29) is 75.7 Å². The quantitative estimate of drug-likeness (QED) is 0.219. The minimum Gasteiger partial charge on any atom is -1.00 e. The molecule has 0 aliphatic carbocycles. The van der Waals surface area contributed by atoms with E-state index >= 15 is 0 Å². The molecule has 0 fully saturated rings. The van der Waals surface area contributed by atoms with E-state index in [2.05, 4.69) is 0 Å². The zero-order valence-corrected chi connectivity index (χ0v) is 9.03. The van der Waals surface area contributed by atoms with E-state index in [9.17, 15) is 0 Å². The number of halogens is 6. The van der Waals surface area contributed by atoms with E-state index in [0.29, 0.717) is 0 Å². The van der Waals surface area contributed by atoms with Gasteiger partial charge in [0.15, 0.2) is 0 Å². The molecule has 9 heavy (non-hydrogen) atoms. The molecule has 0 aliphatic heterocycles. The van der Waals surface area contributed by atoms with Gasteiger partial charge in [0, 0.05) is 37.6 Å². The Kier molecular flexibility index (Phi) is 29300. The summed E-state index contributed by atoms with van der Waals surface area (Å²) >= 11 is 0. The van der Waals surface area contributed by atoms with Crippen LogP contribution in [0, 0.1) is 0 Å². The van der Waals surface area contributed by atoms with Crippen LogP contribution in [-0.2, 0) is 37.6 Å². The summed E-state index contributed by atoms with van der Waals surface area (Å²) in [4.78, 5) is 0. The van der Waals surface area contributed by atoms with E-state index in [0.717, 1.165) is 0 Å². The molecule has 0 rings (SSSR count). The Bertz CT molecular complexity index is 13.0. The Labute approximate surface area is 75.9 Å². The van der Waals surface area contributed by atoms with E-state index in [4.69, 9.17) is 0 Å². The van der Waals surface area contributed by atoms with Gasteiger partial charge < -0.3 is 28.2 Å². The zero-order chi connectivity index (χ0) is 0. The third-order valence-electron chi connectivity index (χ3n) is 0. The van der Waals surface area contributed by atoms with Crippen LogP contribution in [0.2, 0.25) is 0 Å². The van der Waals surface area contributed by atoms with Crippen molar-refractivity contribution < 1.29 is 65.8 Å². The summed E-state index contributed by atoms with van der Waals surface area (Å²) in [5, 5.41) is 0. The summed E-state index contributed by atoms with van der Waals surface area (Å²) in [6.45, 7) is 0. The second-order valence-electron chi connectivity index (χ2n) is 0. The van der Waals surface area contributed by atoms with Crippen LogP contribution < -0.4 is 28.2 Å². The zero-order valence-electron chi connectivity index (χ0n) is 3.70. The second kappa shape index (κ2) is 434. The normalized spacial score (nSPS) is 0. The van der Waals surface area contributed by atoms with Crippen molar-refractivity contribution in [3.63, 3.8) is 0 Å². The van der Waals surface area contributed by atoms with Crippen molar-refractivity contribution >= 4 is 9.90 Å². The molecule has 9 heteroatoms. The topological polar surface area (TPSA) is 0 Å². The molecule has 0 heterocycles. The molecule has 1 atom stereocenters. The fraction of sp³-hybridized carbons (Fsp3) is 0. The SMILES string of the molecule is P.[F-].[F-].[F-].[F-].[F-].[F-].[Ni].[W]. The van der Waals surface area contributed by atoms with E-state index < -0.39 is 0 Å². The number of hydrogen-bond acceptors (Lipinski definition) is 0. The fourth-order valence-corrected chi connectivity index (χ4v) is 0. The molecule has 0 saturated carbocycles. The molecule has 0 aromatic heterocycles. The molecule has 1 unspecified atom stereocenters. The third-order valence-corrected chi connectivity index (χ3v) is 0. The summed E-state index contributed by atoms with van der Waals surface area (Å²) in [7, 11) is 0. The van der Waals surface area contributed by atoms with Gasteiger partial charge in [-0.05, 0) is 0 Å². The number of hydrogen-bond donors (Lipinski definition) is 0. The molecule has 0 aromatic rings. The Morgan fingerprint density at radius 2 is 0.444 bits per heavy atom. The van der Waals surface area contributed by atoms with Gasteiger partial charge in [0.1, 0.15) is 0 Å². The van der Waals surface area contributed by atoms with Gasteiger partial charge in [-0.2, -0.15) is 9.90 Å². The summed E-state index contributed by atoms with van der Waals surface area (Å²) in [5.74, 6) is 0. The van der Waals surface area contributed by atoms with Crippen molar-refractivity contribution in [1.29, 1.82) is 0 Å². The van der Waals surface area contributed by atoms with Crippen molar-refractivity contribution in [3.05, 3.63) is 0 Å². The largest absolute Gasteiger partial charge is 1.00 e. The van der Waals surface area contributed by atoms with Gasteiger partial charge in [0.2, 0.25) is 0 Å². The molecule has 0 aliphatic rings. The average molecular weight is 391 g/mol. The Morgan fingerprint density at radius 3 is 0.444 bits per heavy atom. The third kappa shape index (κ3) is 335. The van der Waals surface area contributed by atoms with Crippen LogP contribution in [-0.4, -0.2) is 0 Å². The van der Waals surface area contributed by atoms with Crippen molar-refractivity contribution in [2.24, 2.45) is 0 Å². The average Bonchev–Trinajstić information content (AvgIpc) is 0. The molecular formula is H3F6NiPW-6. The van der Waals surface area contributed by atoms with Crippen molar-refractivity contribution in [2.45, 2.75) is 0 Å². The smallest absolute Gasteiger partial charge is 0 e. The maximum Gasteiger partial charge on any atom is 0 e. The first kappa shape index (κ1) is 606. The van der Waals surface area contributed by atoms with Gasteiger partial charge in [-0.25, -0.2) is 0 Å². The van der Waals surface area contributed by atoms with Crippen molar-refractivity contribution in [1.82, 2.24) is 0 Å². The molecule has 0 nitrogen and oxygen atoms in total. The molecule has 0 amide bonds. The van der Waals surface area contributed by atoms with E-state index in [1.165, 1.54) is 0 Å².